The quantitative estimate of drug-likeness (QED) is 0.895. The number of aryl methyl sites for hydroxylation is 1. The first-order chi connectivity index (χ1) is 8.67. The Balaban J connectivity index is 2.37. The lowest BCUT2D eigenvalue weighted by Gasteiger charge is -2.13. The third kappa shape index (κ3) is 2.11. The topological polar surface area (TPSA) is 62.3 Å². The number of rotatable bonds is 4. The summed E-state index contributed by atoms with van der Waals surface area (Å²) in [4.78, 5) is 0. The summed E-state index contributed by atoms with van der Waals surface area (Å²) in [5.74, 6) is 2.09. The SMILES string of the molecule is COc1cccc(Cn2ncc(C)c2N)c1OC. The van der Waals surface area contributed by atoms with Crippen LogP contribution in [0.25, 0.3) is 0 Å². The lowest BCUT2D eigenvalue weighted by Crippen LogP contribution is -2.07. The molecule has 0 amide bonds. The van der Waals surface area contributed by atoms with Crippen LogP contribution in [-0.4, -0.2) is 24.0 Å². The van der Waals surface area contributed by atoms with Crippen LogP contribution in [0.3, 0.4) is 0 Å². The summed E-state index contributed by atoms with van der Waals surface area (Å²) in [7, 11) is 3.24. The van der Waals surface area contributed by atoms with Crippen LogP contribution in [0.5, 0.6) is 11.5 Å². The lowest BCUT2D eigenvalue weighted by atomic mass is 10.2. The Hall–Kier alpha value is -2.17. The summed E-state index contributed by atoms with van der Waals surface area (Å²) in [5.41, 5.74) is 7.89. The number of methoxy groups -OCH3 is 2. The zero-order valence-electron chi connectivity index (χ0n) is 10.8. The number of nitrogens with two attached hydrogens (primary N) is 1. The molecule has 0 bridgehead atoms. The normalized spacial score (nSPS) is 10.4. The van der Waals surface area contributed by atoms with Crippen LogP contribution in [0, 0.1) is 6.92 Å². The third-order valence-electron chi connectivity index (χ3n) is 2.88. The first kappa shape index (κ1) is 12.3. The molecule has 2 N–H and O–H groups in total. The highest BCUT2D eigenvalue weighted by atomic mass is 16.5. The van der Waals surface area contributed by atoms with Gasteiger partial charge in [-0.25, -0.2) is 4.68 Å². The zero-order chi connectivity index (χ0) is 13.1. The second kappa shape index (κ2) is 5.00. The Morgan fingerprint density at radius 1 is 1.28 bits per heavy atom. The summed E-state index contributed by atoms with van der Waals surface area (Å²) in [6, 6.07) is 5.75. The average molecular weight is 247 g/mol. The van der Waals surface area contributed by atoms with Crippen LogP contribution >= 0.6 is 0 Å². The summed E-state index contributed by atoms with van der Waals surface area (Å²) in [6.07, 6.45) is 1.75. The van der Waals surface area contributed by atoms with Crippen molar-refractivity contribution in [3.8, 4) is 11.5 Å². The molecule has 2 rings (SSSR count). The molecule has 1 heterocycles. The number of nitrogen functional groups attached to an aromatic ring is 1. The maximum absolute atomic E-state index is 5.94. The Kier molecular flexibility index (Phi) is 3.41. The van der Waals surface area contributed by atoms with Crippen molar-refractivity contribution in [2.24, 2.45) is 0 Å². The highest BCUT2D eigenvalue weighted by Gasteiger charge is 2.11. The first-order valence-corrected chi connectivity index (χ1v) is 5.65. The molecule has 0 unspecified atom stereocenters. The maximum Gasteiger partial charge on any atom is 0.165 e. The van der Waals surface area contributed by atoms with E-state index in [1.807, 2.05) is 25.1 Å². The number of benzene rings is 1. The van der Waals surface area contributed by atoms with E-state index in [2.05, 4.69) is 5.10 Å². The molecule has 0 aliphatic rings. The van der Waals surface area contributed by atoms with Crippen LogP contribution < -0.4 is 15.2 Å². The van der Waals surface area contributed by atoms with Crippen molar-refractivity contribution in [2.75, 3.05) is 20.0 Å². The highest BCUT2D eigenvalue weighted by molar-refractivity contribution is 5.47. The number of ether oxygens (including phenoxy) is 2. The monoisotopic (exact) mass is 247 g/mol. The highest BCUT2D eigenvalue weighted by Crippen LogP contribution is 2.31. The minimum absolute atomic E-state index is 0.556. The molecule has 1 aromatic heterocycles. The van der Waals surface area contributed by atoms with Gasteiger partial charge in [0.1, 0.15) is 5.82 Å². The molecule has 5 nitrogen and oxygen atoms in total. The third-order valence-corrected chi connectivity index (χ3v) is 2.88. The Bertz CT molecular complexity index is 549. The van der Waals surface area contributed by atoms with Crippen molar-refractivity contribution in [2.45, 2.75) is 13.5 Å². The van der Waals surface area contributed by atoms with Gasteiger partial charge in [-0.3, -0.25) is 0 Å². The predicted octanol–water partition coefficient (Wildman–Crippen LogP) is 1.84. The molecular formula is C13H17N3O2. The van der Waals surface area contributed by atoms with Gasteiger partial charge in [0.25, 0.3) is 0 Å². The van der Waals surface area contributed by atoms with Gasteiger partial charge < -0.3 is 15.2 Å². The fraction of sp³-hybridized carbons (Fsp3) is 0.308. The second-order valence-corrected chi connectivity index (χ2v) is 4.02. The Morgan fingerprint density at radius 3 is 2.61 bits per heavy atom. The summed E-state index contributed by atoms with van der Waals surface area (Å²) < 4.78 is 12.4. The number of nitrogens with zero attached hydrogens (tertiary/aromatic N) is 2. The Morgan fingerprint density at radius 2 is 2.06 bits per heavy atom. The summed E-state index contributed by atoms with van der Waals surface area (Å²) >= 11 is 0. The van der Waals surface area contributed by atoms with Gasteiger partial charge in [0, 0.05) is 11.1 Å². The fourth-order valence-electron chi connectivity index (χ4n) is 1.85. The molecule has 2 aromatic rings. The van der Waals surface area contributed by atoms with E-state index >= 15 is 0 Å². The van der Waals surface area contributed by atoms with Crippen LogP contribution in [-0.2, 0) is 6.54 Å². The lowest BCUT2D eigenvalue weighted by molar-refractivity contribution is 0.350. The zero-order valence-corrected chi connectivity index (χ0v) is 10.8. The van der Waals surface area contributed by atoms with E-state index in [0.717, 1.165) is 11.1 Å². The molecule has 0 atom stereocenters. The number of hydrogen-bond acceptors (Lipinski definition) is 4. The minimum atomic E-state index is 0.556. The van der Waals surface area contributed by atoms with Crippen molar-refractivity contribution in [3.05, 3.63) is 35.5 Å². The van der Waals surface area contributed by atoms with E-state index in [9.17, 15) is 0 Å². The van der Waals surface area contributed by atoms with Gasteiger partial charge in [-0.15, -0.1) is 0 Å². The van der Waals surface area contributed by atoms with Crippen LogP contribution in [0.4, 0.5) is 5.82 Å². The standard InChI is InChI=1S/C13H17N3O2/c1-9-7-15-16(13(9)14)8-10-5-4-6-11(17-2)12(10)18-3/h4-7H,8,14H2,1-3H3. The van der Waals surface area contributed by atoms with E-state index in [1.165, 1.54) is 0 Å². The van der Waals surface area contributed by atoms with Crippen molar-refractivity contribution in [1.82, 2.24) is 9.78 Å². The molecule has 0 radical (unpaired) electrons. The molecule has 0 aliphatic heterocycles. The fourth-order valence-corrected chi connectivity index (χ4v) is 1.85. The van der Waals surface area contributed by atoms with Gasteiger partial charge in [-0.1, -0.05) is 12.1 Å². The summed E-state index contributed by atoms with van der Waals surface area (Å²) in [5, 5.41) is 4.24. The number of aromatic nitrogens is 2. The maximum atomic E-state index is 5.94. The van der Waals surface area contributed by atoms with Gasteiger partial charge in [-0.05, 0) is 13.0 Å². The predicted molar refractivity (Wildman–Crippen MR) is 70.0 cm³/mol. The summed E-state index contributed by atoms with van der Waals surface area (Å²) in [6.45, 7) is 2.49. The van der Waals surface area contributed by atoms with E-state index in [4.69, 9.17) is 15.2 Å². The number of anilines is 1. The van der Waals surface area contributed by atoms with Gasteiger partial charge in [0.2, 0.25) is 0 Å². The Labute approximate surface area is 106 Å². The van der Waals surface area contributed by atoms with E-state index in [1.54, 1.807) is 25.1 Å². The molecule has 18 heavy (non-hydrogen) atoms. The van der Waals surface area contributed by atoms with Crippen molar-refractivity contribution < 1.29 is 9.47 Å². The second-order valence-electron chi connectivity index (χ2n) is 4.02. The minimum Gasteiger partial charge on any atom is -0.493 e. The molecule has 96 valence electrons. The molecule has 0 saturated heterocycles. The van der Waals surface area contributed by atoms with Gasteiger partial charge >= 0.3 is 0 Å². The molecular weight excluding hydrogens is 230 g/mol. The van der Waals surface area contributed by atoms with Crippen molar-refractivity contribution in [3.63, 3.8) is 0 Å². The first-order valence-electron chi connectivity index (χ1n) is 5.65. The van der Waals surface area contributed by atoms with Crippen molar-refractivity contribution >= 4 is 5.82 Å². The van der Waals surface area contributed by atoms with E-state index in [0.29, 0.717) is 23.9 Å². The van der Waals surface area contributed by atoms with E-state index in [-0.39, 0.29) is 0 Å². The number of hydrogen-bond donors (Lipinski definition) is 1. The molecule has 0 aliphatic carbocycles. The van der Waals surface area contributed by atoms with Crippen LogP contribution in [0.1, 0.15) is 11.1 Å². The average Bonchev–Trinajstić information content (AvgIpc) is 2.70. The largest absolute Gasteiger partial charge is 0.493 e. The smallest absolute Gasteiger partial charge is 0.165 e. The van der Waals surface area contributed by atoms with Crippen LogP contribution in [0.2, 0.25) is 0 Å². The molecule has 5 heteroatoms. The van der Waals surface area contributed by atoms with Crippen LogP contribution in [0.15, 0.2) is 24.4 Å². The number of para-hydroxylation sites is 1. The van der Waals surface area contributed by atoms with Crippen molar-refractivity contribution in [1.29, 1.82) is 0 Å². The molecule has 0 fully saturated rings. The molecule has 1 aromatic carbocycles. The van der Waals surface area contributed by atoms with E-state index < -0.39 is 0 Å². The molecule has 0 spiro atoms. The van der Waals surface area contributed by atoms with Gasteiger partial charge in [-0.2, -0.15) is 5.10 Å². The van der Waals surface area contributed by atoms with Gasteiger partial charge in [0.05, 0.1) is 27.0 Å². The van der Waals surface area contributed by atoms with Gasteiger partial charge in [0.15, 0.2) is 11.5 Å². The molecule has 0 saturated carbocycles.